The molecule has 1 aromatic rings. The van der Waals surface area contributed by atoms with Gasteiger partial charge in [0.1, 0.15) is 12.2 Å². The first-order valence-electron chi connectivity index (χ1n) is 9.09. The van der Waals surface area contributed by atoms with E-state index in [1.54, 1.807) is 6.33 Å². The van der Waals surface area contributed by atoms with Crippen LogP contribution < -0.4 is 5.32 Å². The molecule has 2 heterocycles. The minimum atomic E-state index is 0.377. The summed E-state index contributed by atoms with van der Waals surface area (Å²) in [5, 5.41) is 8.29. The van der Waals surface area contributed by atoms with E-state index in [1.165, 1.54) is 51.4 Å². The Morgan fingerprint density at radius 3 is 3.00 bits per heavy atom. The Balaban J connectivity index is 1.49. The third-order valence-corrected chi connectivity index (χ3v) is 6.16. The molecule has 1 aromatic heterocycles. The lowest BCUT2D eigenvalue weighted by Gasteiger charge is -2.58. The Bertz CT molecular complexity index is 509. The summed E-state index contributed by atoms with van der Waals surface area (Å²) in [6, 6.07) is 0.972. The molecule has 4 rings (SSSR count). The van der Waals surface area contributed by atoms with Crippen LogP contribution in [0.4, 0.5) is 0 Å². The molecule has 0 amide bonds. The number of hydrogen-bond donors (Lipinski definition) is 1. The van der Waals surface area contributed by atoms with Crippen LogP contribution >= 0.6 is 0 Å². The van der Waals surface area contributed by atoms with Crippen LogP contribution in [0.25, 0.3) is 0 Å². The number of fused-ring (bicyclic) bond motifs is 1. The highest BCUT2D eigenvalue weighted by atomic mass is 16.5. The van der Waals surface area contributed by atoms with Crippen molar-refractivity contribution in [2.45, 2.75) is 83.0 Å². The molecule has 0 bridgehead atoms. The fourth-order valence-corrected chi connectivity index (χ4v) is 4.99. The number of aryl methyl sites for hydroxylation is 1. The van der Waals surface area contributed by atoms with Crippen molar-refractivity contribution in [1.82, 2.24) is 20.1 Å². The average Bonchev–Trinajstić information content (AvgIpc) is 3.04. The second kappa shape index (κ2) is 5.93. The van der Waals surface area contributed by atoms with Gasteiger partial charge in [-0.3, -0.25) is 0 Å². The first-order valence-corrected chi connectivity index (χ1v) is 9.09. The number of hydrogen-bond acceptors (Lipinski definition) is 4. The van der Waals surface area contributed by atoms with Crippen molar-refractivity contribution in [2.75, 3.05) is 6.61 Å². The fourth-order valence-electron chi connectivity index (χ4n) is 4.99. The minimum Gasteiger partial charge on any atom is -0.378 e. The predicted molar refractivity (Wildman–Crippen MR) is 84.5 cm³/mol. The Hall–Kier alpha value is -0.940. The normalized spacial score (nSPS) is 33.4. The molecule has 5 heteroatoms. The smallest absolute Gasteiger partial charge is 0.143 e. The first-order chi connectivity index (χ1) is 10.8. The van der Waals surface area contributed by atoms with Crippen molar-refractivity contribution in [2.24, 2.45) is 5.41 Å². The average molecular weight is 304 g/mol. The van der Waals surface area contributed by atoms with Gasteiger partial charge in [-0.2, -0.15) is 5.10 Å². The summed E-state index contributed by atoms with van der Waals surface area (Å²) < 4.78 is 8.15. The zero-order chi connectivity index (χ0) is 15.0. The van der Waals surface area contributed by atoms with Crippen LogP contribution in [0.5, 0.6) is 0 Å². The van der Waals surface area contributed by atoms with Crippen molar-refractivity contribution in [3.05, 3.63) is 12.2 Å². The molecule has 3 atom stereocenters. The summed E-state index contributed by atoms with van der Waals surface area (Å²) in [5.74, 6) is 1.14. The van der Waals surface area contributed by atoms with Crippen molar-refractivity contribution < 1.29 is 4.74 Å². The zero-order valence-electron chi connectivity index (χ0n) is 13.6. The van der Waals surface area contributed by atoms with Crippen LogP contribution in [-0.4, -0.2) is 33.5 Å². The standard InChI is InChI=1S/C17H28N4O/c1-2-22-15-11-14(17(15)8-4-3-5-9-17)20-13-7-6-10-21-16(13)18-12-19-21/h12-15,20H,2-11H2,1H3. The summed E-state index contributed by atoms with van der Waals surface area (Å²) >= 11 is 0. The zero-order valence-corrected chi connectivity index (χ0v) is 13.6. The summed E-state index contributed by atoms with van der Waals surface area (Å²) in [6.45, 7) is 3.99. The van der Waals surface area contributed by atoms with Crippen LogP contribution in [0.1, 0.15) is 70.2 Å². The third kappa shape index (κ3) is 2.29. The molecular weight excluding hydrogens is 276 g/mol. The maximum atomic E-state index is 6.07. The molecule has 1 spiro atoms. The van der Waals surface area contributed by atoms with E-state index in [2.05, 4.69) is 27.0 Å². The van der Waals surface area contributed by atoms with Crippen molar-refractivity contribution in [1.29, 1.82) is 0 Å². The predicted octanol–water partition coefficient (Wildman–Crippen LogP) is 2.83. The Morgan fingerprint density at radius 1 is 1.32 bits per heavy atom. The van der Waals surface area contributed by atoms with Crippen LogP contribution in [-0.2, 0) is 11.3 Å². The molecule has 0 saturated heterocycles. The topological polar surface area (TPSA) is 52.0 Å². The van der Waals surface area contributed by atoms with Gasteiger partial charge in [0.2, 0.25) is 0 Å². The van der Waals surface area contributed by atoms with Gasteiger partial charge < -0.3 is 10.1 Å². The summed E-state index contributed by atoms with van der Waals surface area (Å²) in [6.07, 6.45) is 12.5. The Morgan fingerprint density at radius 2 is 2.18 bits per heavy atom. The van der Waals surface area contributed by atoms with E-state index >= 15 is 0 Å². The molecule has 5 nitrogen and oxygen atoms in total. The number of nitrogens with one attached hydrogen (secondary N) is 1. The van der Waals surface area contributed by atoms with Gasteiger partial charge >= 0.3 is 0 Å². The second-order valence-corrected chi connectivity index (χ2v) is 7.23. The molecule has 2 aliphatic carbocycles. The molecule has 2 saturated carbocycles. The van der Waals surface area contributed by atoms with Gasteiger partial charge in [0.25, 0.3) is 0 Å². The lowest BCUT2D eigenvalue weighted by atomic mass is 9.55. The molecule has 22 heavy (non-hydrogen) atoms. The molecular formula is C17H28N4O. The molecule has 2 fully saturated rings. The number of aromatic nitrogens is 3. The van der Waals surface area contributed by atoms with Gasteiger partial charge in [0.15, 0.2) is 0 Å². The van der Waals surface area contributed by atoms with E-state index in [1.807, 2.05) is 0 Å². The van der Waals surface area contributed by atoms with Crippen LogP contribution in [0.3, 0.4) is 0 Å². The fraction of sp³-hybridized carbons (Fsp3) is 0.882. The van der Waals surface area contributed by atoms with Crippen molar-refractivity contribution in [3.63, 3.8) is 0 Å². The molecule has 1 N–H and O–H groups in total. The second-order valence-electron chi connectivity index (χ2n) is 7.23. The maximum Gasteiger partial charge on any atom is 0.143 e. The van der Waals surface area contributed by atoms with Crippen LogP contribution in [0, 0.1) is 5.41 Å². The highest BCUT2D eigenvalue weighted by Gasteiger charge is 2.56. The van der Waals surface area contributed by atoms with Gasteiger partial charge in [-0.05, 0) is 39.0 Å². The minimum absolute atomic E-state index is 0.377. The van der Waals surface area contributed by atoms with E-state index in [0.29, 0.717) is 23.6 Å². The van der Waals surface area contributed by atoms with Crippen LogP contribution in [0.2, 0.25) is 0 Å². The lowest BCUT2D eigenvalue weighted by molar-refractivity contribution is -0.152. The van der Waals surface area contributed by atoms with Gasteiger partial charge in [-0.25, -0.2) is 9.67 Å². The van der Waals surface area contributed by atoms with Gasteiger partial charge in [-0.1, -0.05) is 19.3 Å². The Kier molecular flexibility index (Phi) is 3.95. The summed E-state index contributed by atoms with van der Waals surface area (Å²) in [5.41, 5.74) is 0.385. The van der Waals surface area contributed by atoms with E-state index in [-0.39, 0.29) is 0 Å². The molecule has 0 radical (unpaired) electrons. The number of ether oxygens (including phenoxy) is 1. The third-order valence-electron chi connectivity index (χ3n) is 6.16. The number of nitrogens with zero attached hydrogens (tertiary/aromatic N) is 3. The lowest BCUT2D eigenvalue weighted by Crippen LogP contribution is -2.65. The van der Waals surface area contributed by atoms with Gasteiger partial charge in [0.05, 0.1) is 12.1 Å². The van der Waals surface area contributed by atoms with Gasteiger partial charge in [-0.15, -0.1) is 0 Å². The van der Waals surface area contributed by atoms with E-state index in [9.17, 15) is 0 Å². The molecule has 1 aliphatic heterocycles. The first kappa shape index (κ1) is 14.6. The monoisotopic (exact) mass is 304 g/mol. The highest BCUT2D eigenvalue weighted by molar-refractivity contribution is 5.11. The van der Waals surface area contributed by atoms with E-state index in [0.717, 1.165) is 19.0 Å². The molecule has 122 valence electrons. The number of rotatable bonds is 4. The maximum absolute atomic E-state index is 6.07. The van der Waals surface area contributed by atoms with Crippen LogP contribution in [0.15, 0.2) is 6.33 Å². The van der Waals surface area contributed by atoms with Gasteiger partial charge in [0, 0.05) is 24.6 Å². The van der Waals surface area contributed by atoms with Crippen molar-refractivity contribution >= 4 is 0 Å². The largest absolute Gasteiger partial charge is 0.378 e. The van der Waals surface area contributed by atoms with E-state index in [4.69, 9.17) is 4.74 Å². The Labute approximate surface area is 132 Å². The highest BCUT2D eigenvalue weighted by Crippen LogP contribution is 2.54. The quantitative estimate of drug-likeness (QED) is 0.929. The molecule has 3 aliphatic rings. The summed E-state index contributed by atoms with van der Waals surface area (Å²) in [7, 11) is 0. The summed E-state index contributed by atoms with van der Waals surface area (Å²) in [4.78, 5) is 4.50. The SMILES string of the molecule is CCOC1CC(NC2CCCn3ncnc32)C12CCCCC2. The molecule has 0 aromatic carbocycles. The van der Waals surface area contributed by atoms with Crippen molar-refractivity contribution in [3.8, 4) is 0 Å². The van der Waals surface area contributed by atoms with E-state index < -0.39 is 0 Å². The molecule has 3 unspecified atom stereocenters.